The van der Waals surface area contributed by atoms with Crippen LogP contribution >= 0.6 is 0 Å². The smallest absolute Gasteiger partial charge is 0.123 e. The van der Waals surface area contributed by atoms with Crippen molar-refractivity contribution in [3.05, 3.63) is 35.1 Å². The number of aryl methyl sites for hydroxylation is 1. The van der Waals surface area contributed by atoms with Crippen molar-refractivity contribution in [2.45, 2.75) is 51.6 Å². The predicted octanol–water partition coefficient (Wildman–Crippen LogP) is 3.38. The van der Waals surface area contributed by atoms with E-state index in [1.54, 1.807) is 12.1 Å². The Hall–Kier alpha value is -0.890. The molecule has 1 N–H and O–H groups in total. The van der Waals surface area contributed by atoms with Crippen LogP contribution in [-0.4, -0.2) is 12.1 Å². The highest BCUT2D eigenvalue weighted by molar-refractivity contribution is 5.27. The third-order valence-electron chi connectivity index (χ3n) is 3.42. The number of halogens is 1. The van der Waals surface area contributed by atoms with E-state index in [-0.39, 0.29) is 5.82 Å². The normalized spacial score (nSPS) is 19.5. The molecular formula is C14H20FN. The van der Waals surface area contributed by atoms with Gasteiger partial charge in [0, 0.05) is 12.1 Å². The maximum Gasteiger partial charge on any atom is 0.123 e. The van der Waals surface area contributed by atoms with Gasteiger partial charge in [-0.15, -0.1) is 0 Å². The van der Waals surface area contributed by atoms with Crippen LogP contribution < -0.4 is 5.32 Å². The lowest BCUT2D eigenvalue weighted by Crippen LogP contribution is -2.32. The molecule has 2 heteroatoms. The van der Waals surface area contributed by atoms with Crippen molar-refractivity contribution in [1.29, 1.82) is 0 Å². The average molecular weight is 221 g/mol. The van der Waals surface area contributed by atoms with Gasteiger partial charge >= 0.3 is 0 Å². The fourth-order valence-corrected chi connectivity index (χ4v) is 2.08. The van der Waals surface area contributed by atoms with E-state index in [0.717, 1.165) is 11.1 Å². The standard InChI is InChI=1S/C14H20FN/c1-9-6-12(8-13(15)7-9)10(2)11(3)16-14-4-5-14/h6-8,10-11,14,16H,4-5H2,1-3H3. The minimum Gasteiger partial charge on any atom is -0.311 e. The van der Waals surface area contributed by atoms with Crippen molar-refractivity contribution >= 4 is 0 Å². The number of rotatable bonds is 4. The summed E-state index contributed by atoms with van der Waals surface area (Å²) in [5.74, 6) is 0.232. The first-order valence-corrected chi connectivity index (χ1v) is 6.09. The summed E-state index contributed by atoms with van der Waals surface area (Å²) < 4.78 is 13.3. The van der Waals surface area contributed by atoms with Crippen molar-refractivity contribution in [2.24, 2.45) is 0 Å². The molecule has 0 saturated heterocycles. The molecule has 0 heterocycles. The van der Waals surface area contributed by atoms with Gasteiger partial charge in [-0.1, -0.05) is 13.0 Å². The van der Waals surface area contributed by atoms with Gasteiger partial charge in [0.1, 0.15) is 5.82 Å². The van der Waals surface area contributed by atoms with Crippen LogP contribution in [0.25, 0.3) is 0 Å². The van der Waals surface area contributed by atoms with E-state index in [4.69, 9.17) is 0 Å². The third kappa shape index (κ3) is 2.82. The summed E-state index contributed by atoms with van der Waals surface area (Å²) >= 11 is 0. The molecule has 1 fully saturated rings. The molecule has 0 spiro atoms. The van der Waals surface area contributed by atoms with Crippen molar-refractivity contribution in [3.8, 4) is 0 Å². The van der Waals surface area contributed by atoms with Gasteiger partial charge in [0.2, 0.25) is 0 Å². The van der Waals surface area contributed by atoms with Crippen LogP contribution in [0.15, 0.2) is 18.2 Å². The Bertz CT molecular complexity index is 351. The van der Waals surface area contributed by atoms with Gasteiger partial charge in [0.15, 0.2) is 0 Å². The molecule has 1 nitrogen and oxygen atoms in total. The topological polar surface area (TPSA) is 12.0 Å². The van der Waals surface area contributed by atoms with Crippen molar-refractivity contribution < 1.29 is 4.39 Å². The molecule has 2 unspecified atom stereocenters. The molecule has 1 aliphatic rings. The first-order chi connectivity index (χ1) is 7.56. The zero-order valence-corrected chi connectivity index (χ0v) is 10.3. The van der Waals surface area contributed by atoms with Crippen LogP contribution in [0.3, 0.4) is 0 Å². The van der Waals surface area contributed by atoms with E-state index in [9.17, 15) is 4.39 Å². The van der Waals surface area contributed by atoms with E-state index in [1.807, 2.05) is 6.92 Å². The summed E-state index contributed by atoms with van der Waals surface area (Å²) in [7, 11) is 0. The molecule has 0 aliphatic heterocycles. The van der Waals surface area contributed by atoms with Crippen molar-refractivity contribution in [1.82, 2.24) is 5.32 Å². The molecule has 16 heavy (non-hydrogen) atoms. The average Bonchev–Trinajstić information content (AvgIpc) is 2.99. The van der Waals surface area contributed by atoms with Crippen LogP contribution in [0.5, 0.6) is 0 Å². The number of hydrogen-bond acceptors (Lipinski definition) is 1. The molecule has 2 atom stereocenters. The fourth-order valence-electron chi connectivity index (χ4n) is 2.08. The molecule has 1 aliphatic carbocycles. The van der Waals surface area contributed by atoms with Gasteiger partial charge in [-0.3, -0.25) is 0 Å². The summed E-state index contributed by atoms with van der Waals surface area (Å²) in [6.07, 6.45) is 2.58. The summed E-state index contributed by atoms with van der Waals surface area (Å²) in [5.41, 5.74) is 2.10. The Labute approximate surface area is 97.1 Å². The maximum absolute atomic E-state index is 13.3. The van der Waals surface area contributed by atoms with Crippen LogP contribution in [-0.2, 0) is 0 Å². The Morgan fingerprint density at radius 1 is 1.25 bits per heavy atom. The van der Waals surface area contributed by atoms with Crippen LogP contribution in [0.1, 0.15) is 43.7 Å². The monoisotopic (exact) mass is 221 g/mol. The first kappa shape index (κ1) is 11.6. The van der Waals surface area contributed by atoms with Gasteiger partial charge < -0.3 is 5.32 Å². The van der Waals surface area contributed by atoms with Crippen LogP contribution in [0, 0.1) is 12.7 Å². The summed E-state index contributed by atoms with van der Waals surface area (Å²) in [6.45, 7) is 6.29. The molecule has 1 aromatic rings. The van der Waals surface area contributed by atoms with E-state index in [1.165, 1.54) is 12.8 Å². The van der Waals surface area contributed by atoms with Gasteiger partial charge in [-0.05, 0) is 55.9 Å². The largest absolute Gasteiger partial charge is 0.311 e. The molecule has 0 aromatic heterocycles. The second kappa shape index (κ2) is 4.54. The first-order valence-electron chi connectivity index (χ1n) is 6.09. The highest BCUT2D eigenvalue weighted by Crippen LogP contribution is 2.25. The predicted molar refractivity (Wildman–Crippen MR) is 65.2 cm³/mol. The number of benzene rings is 1. The van der Waals surface area contributed by atoms with E-state index in [2.05, 4.69) is 25.2 Å². The Balaban J connectivity index is 2.08. The van der Waals surface area contributed by atoms with Gasteiger partial charge in [-0.2, -0.15) is 0 Å². The van der Waals surface area contributed by atoms with Crippen LogP contribution in [0.4, 0.5) is 4.39 Å². The third-order valence-corrected chi connectivity index (χ3v) is 3.42. The molecule has 0 bridgehead atoms. The minimum atomic E-state index is -0.125. The van der Waals surface area contributed by atoms with Crippen molar-refractivity contribution in [3.63, 3.8) is 0 Å². The lowest BCUT2D eigenvalue weighted by molar-refractivity contribution is 0.476. The molecule has 2 rings (SSSR count). The molecule has 88 valence electrons. The van der Waals surface area contributed by atoms with E-state index in [0.29, 0.717) is 18.0 Å². The van der Waals surface area contributed by atoms with E-state index < -0.39 is 0 Å². The SMILES string of the molecule is Cc1cc(F)cc(C(C)C(C)NC2CC2)c1. The maximum atomic E-state index is 13.3. The number of nitrogens with one attached hydrogen (secondary N) is 1. The quantitative estimate of drug-likeness (QED) is 0.822. The highest BCUT2D eigenvalue weighted by Gasteiger charge is 2.25. The minimum absolute atomic E-state index is 0.125. The summed E-state index contributed by atoms with van der Waals surface area (Å²) in [6, 6.07) is 6.43. The summed E-state index contributed by atoms with van der Waals surface area (Å²) in [4.78, 5) is 0. The van der Waals surface area contributed by atoms with Crippen molar-refractivity contribution in [2.75, 3.05) is 0 Å². The molecule has 1 aromatic carbocycles. The van der Waals surface area contributed by atoms with Gasteiger partial charge in [0.05, 0.1) is 0 Å². The zero-order chi connectivity index (χ0) is 11.7. The fraction of sp³-hybridized carbons (Fsp3) is 0.571. The lowest BCUT2D eigenvalue weighted by Gasteiger charge is -2.22. The molecule has 0 amide bonds. The molecule has 0 radical (unpaired) electrons. The second-order valence-electron chi connectivity index (χ2n) is 5.08. The van der Waals surface area contributed by atoms with E-state index >= 15 is 0 Å². The summed E-state index contributed by atoms with van der Waals surface area (Å²) in [5, 5.41) is 3.57. The number of hydrogen-bond donors (Lipinski definition) is 1. The zero-order valence-electron chi connectivity index (χ0n) is 10.3. The Morgan fingerprint density at radius 3 is 2.50 bits per heavy atom. The van der Waals surface area contributed by atoms with Crippen LogP contribution in [0.2, 0.25) is 0 Å². The molecular weight excluding hydrogens is 201 g/mol. The lowest BCUT2D eigenvalue weighted by atomic mass is 9.93. The molecule has 1 saturated carbocycles. The van der Waals surface area contributed by atoms with Gasteiger partial charge in [0.25, 0.3) is 0 Å². The van der Waals surface area contributed by atoms with Gasteiger partial charge in [-0.25, -0.2) is 4.39 Å². The Morgan fingerprint density at radius 2 is 1.94 bits per heavy atom. The Kier molecular flexibility index (Phi) is 3.29. The second-order valence-corrected chi connectivity index (χ2v) is 5.08. The highest BCUT2D eigenvalue weighted by atomic mass is 19.1.